The van der Waals surface area contributed by atoms with Crippen molar-refractivity contribution in [1.29, 1.82) is 0 Å². The molecule has 31 heavy (non-hydrogen) atoms. The van der Waals surface area contributed by atoms with Crippen molar-refractivity contribution in [1.82, 2.24) is 0 Å². The monoisotopic (exact) mass is 469 g/mol. The van der Waals surface area contributed by atoms with Gasteiger partial charge in [-0.2, -0.15) is 0 Å². The maximum Gasteiger partial charge on any atom is 0.248 e. The molecule has 0 saturated carbocycles. The van der Waals surface area contributed by atoms with Crippen molar-refractivity contribution in [3.8, 4) is 0 Å². The summed E-state index contributed by atoms with van der Waals surface area (Å²) in [4.78, 5) is 15.2. The topological polar surface area (TPSA) is 79.0 Å². The highest BCUT2D eigenvalue weighted by Crippen LogP contribution is 2.28. The largest absolute Gasteiger partial charge is 0.378 e. The first kappa shape index (κ1) is 23.3. The lowest BCUT2D eigenvalue weighted by Crippen LogP contribution is -2.47. The van der Waals surface area contributed by atoms with Gasteiger partial charge in [0.1, 0.15) is 11.9 Å². The van der Waals surface area contributed by atoms with E-state index < -0.39 is 27.8 Å². The molecule has 0 aliphatic carbocycles. The van der Waals surface area contributed by atoms with Crippen LogP contribution in [0.3, 0.4) is 0 Å². The van der Waals surface area contributed by atoms with Crippen molar-refractivity contribution < 1.29 is 22.3 Å². The zero-order valence-electron chi connectivity index (χ0n) is 17.3. The third-order valence-electron chi connectivity index (χ3n) is 5.00. The van der Waals surface area contributed by atoms with Crippen molar-refractivity contribution in [3.05, 3.63) is 53.3 Å². The fourth-order valence-corrected chi connectivity index (χ4v) is 4.86. The summed E-state index contributed by atoms with van der Waals surface area (Å²) in [5.74, 6) is -1.16. The maximum atomic E-state index is 13.6. The summed E-state index contributed by atoms with van der Waals surface area (Å²) in [5, 5.41) is 2.55. The smallest absolute Gasteiger partial charge is 0.248 e. The van der Waals surface area contributed by atoms with Crippen molar-refractivity contribution in [2.45, 2.75) is 19.4 Å². The Labute approximate surface area is 186 Å². The molecule has 1 aliphatic heterocycles. The molecule has 2 aromatic rings. The SMILES string of the molecule is CC[C@H](C(=O)Nc1ccc(N2CCOCC2)cc1)N(c1ccc(F)c(Cl)c1)S(C)(=O)=O. The number of carbonyl (C=O) groups is 1. The van der Waals surface area contributed by atoms with E-state index in [1.807, 2.05) is 12.1 Å². The Morgan fingerprint density at radius 1 is 1.23 bits per heavy atom. The van der Waals surface area contributed by atoms with E-state index >= 15 is 0 Å². The molecule has 0 unspecified atom stereocenters. The number of hydrogen-bond acceptors (Lipinski definition) is 5. The molecule has 1 amide bonds. The summed E-state index contributed by atoms with van der Waals surface area (Å²) in [6.45, 7) is 4.65. The third-order valence-corrected chi connectivity index (χ3v) is 6.47. The van der Waals surface area contributed by atoms with Gasteiger partial charge in [0.2, 0.25) is 15.9 Å². The standard InChI is InChI=1S/C21H25ClFN3O4S/c1-3-20(26(31(2,28)29)17-8-9-19(23)18(22)14-17)21(27)24-15-4-6-16(7-5-15)25-10-12-30-13-11-25/h4-9,14,20H,3,10-13H2,1-2H3,(H,24,27)/t20-/m1/s1. The van der Waals surface area contributed by atoms with E-state index in [1.165, 1.54) is 12.1 Å². The first-order valence-electron chi connectivity index (χ1n) is 9.88. The summed E-state index contributed by atoms with van der Waals surface area (Å²) in [7, 11) is -3.84. The Bertz CT molecular complexity index is 1030. The molecule has 1 fully saturated rings. The molecule has 1 aliphatic rings. The van der Waals surface area contributed by atoms with Crippen LogP contribution in [0.2, 0.25) is 5.02 Å². The van der Waals surface area contributed by atoms with Crippen molar-refractivity contribution in [2.24, 2.45) is 0 Å². The van der Waals surface area contributed by atoms with Crippen LogP contribution in [0.15, 0.2) is 42.5 Å². The second-order valence-electron chi connectivity index (χ2n) is 7.22. The fraction of sp³-hybridized carbons (Fsp3) is 0.381. The number of anilines is 3. The Balaban J connectivity index is 1.80. The van der Waals surface area contributed by atoms with Gasteiger partial charge in [0.15, 0.2) is 0 Å². The molecule has 10 heteroatoms. The number of carbonyl (C=O) groups excluding carboxylic acids is 1. The Kier molecular flexibility index (Phi) is 7.40. The average molecular weight is 470 g/mol. The predicted octanol–water partition coefficient (Wildman–Crippen LogP) is 3.50. The molecule has 1 atom stereocenters. The van der Waals surface area contributed by atoms with Gasteiger partial charge in [-0.05, 0) is 48.9 Å². The Morgan fingerprint density at radius 3 is 2.42 bits per heavy atom. The average Bonchev–Trinajstić information content (AvgIpc) is 2.74. The van der Waals surface area contributed by atoms with Gasteiger partial charge in [-0.15, -0.1) is 0 Å². The van der Waals surface area contributed by atoms with E-state index in [0.29, 0.717) is 18.9 Å². The van der Waals surface area contributed by atoms with Crippen LogP contribution in [-0.2, 0) is 19.6 Å². The molecule has 1 saturated heterocycles. The molecule has 168 valence electrons. The summed E-state index contributed by atoms with van der Waals surface area (Å²) in [6, 6.07) is 9.87. The Hall–Kier alpha value is -2.36. The van der Waals surface area contributed by atoms with E-state index in [4.69, 9.17) is 16.3 Å². The minimum Gasteiger partial charge on any atom is -0.378 e. The molecule has 0 aromatic heterocycles. The molecule has 3 rings (SSSR count). The second kappa shape index (κ2) is 9.84. The van der Waals surface area contributed by atoms with E-state index in [1.54, 1.807) is 19.1 Å². The van der Waals surface area contributed by atoms with E-state index in [-0.39, 0.29) is 17.1 Å². The number of hydrogen-bond donors (Lipinski definition) is 1. The molecule has 1 N–H and O–H groups in total. The number of morpholine rings is 1. The second-order valence-corrected chi connectivity index (χ2v) is 9.48. The molecule has 0 spiro atoms. The maximum absolute atomic E-state index is 13.6. The minimum atomic E-state index is -3.84. The van der Waals surface area contributed by atoms with Gasteiger partial charge in [-0.1, -0.05) is 18.5 Å². The molecule has 0 bridgehead atoms. The normalized spacial score (nSPS) is 15.4. The third kappa shape index (κ3) is 5.66. The van der Waals surface area contributed by atoms with Crippen LogP contribution in [0.4, 0.5) is 21.5 Å². The van der Waals surface area contributed by atoms with Crippen molar-refractivity contribution >= 4 is 44.6 Å². The molecular formula is C21H25ClFN3O4S. The van der Waals surface area contributed by atoms with Crippen LogP contribution in [0.5, 0.6) is 0 Å². The van der Waals surface area contributed by atoms with Crippen molar-refractivity contribution in [3.63, 3.8) is 0 Å². The van der Waals surface area contributed by atoms with Crippen molar-refractivity contribution in [2.75, 3.05) is 47.1 Å². The van der Waals surface area contributed by atoms with Gasteiger partial charge < -0.3 is 15.0 Å². The minimum absolute atomic E-state index is 0.124. The van der Waals surface area contributed by atoms with Gasteiger partial charge in [0, 0.05) is 24.5 Å². The zero-order valence-corrected chi connectivity index (χ0v) is 18.9. The number of halogens is 2. The number of nitrogens with zero attached hydrogens (tertiary/aromatic N) is 2. The number of nitrogens with one attached hydrogen (secondary N) is 1. The van der Waals surface area contributed by atoms with Gasteiger partial charge in [-0.25, -0.2) is 12.8 Å². The van der Waals surface area contributed by atoms with Gasteiger partial charge in [-0.3, -0.25) is 9.10 Å². The van der Waals surface area contributed by atoms with Crippen LogP contribution >= 0.6 is 11.6 Å². The Morgan fingerprint density at radius 2 is 1.87 bits per heavy atom. The van der Waals surface area contributed by atoms with E-state index in [0.717, 1.165) is 35.4 Å². The summed E-state index contributed by atoms with van der Waals surface area (Å²) in [6.07, 6.45) is 1.21. The lowest BCUT2D eigenvalue weighted by Gasteiger charge is -2.30. The number of benzene rings is 2. The molecular weight excluding hydrogens is 445 g/mol. The van der Waals surface area contributed by atoms with Crippen LogP contribution in [0, 0.1) is 5.82 Å². The first-order valence-corrected chi connectivity index (χ1v) is 12.1. The lowest BCUT2D eigenvalue weighted by atomic mass is 10.1. The summed E-state index contributed by atoms with van der Waals surface area (Å²) in [5.41, 5.74) is 1.69. The predicted molar refractivity (Wildman–Crippen MR) is 121 cm³/mol. The van der Waals surface area contributed by atoms with Crippen LogP contribution in [0.1, 0.15) is 13.3 Å². The number of amides is 1. The molecule has 2 aromatic carbocycles. The number of rotatable bonds is 7. The first-order chi connectivity index (χ1) is 14.7. The molecule has 0 radical (unpaired) electrons. The lowest BCUT2D eigenvalue weighted by molar-refractivity contribution is -0.117. The zero-order chi connectivity index (χ0) is 22.6. The number of ether oxygens (including phenoxy) is 1. The summed E-state index contributed by atoms with van der Waals surface area (Å²) >= 11 is 5.84. The number of sulfonamides is 1. The quantitative estimate of drug-likeness (QED) is 0.671. The van der Waals surface area contributed by atoms with Crippen LogP contribution in [0.25, 0.3) is 0 Å². The molecule has 1 heterocycles. The molecule has 7 nitrogen and oxygen atoms in total. The van der Waals surface area contributed by atoms with E-state index in [2.05, 4.69) is 10.2 Å². The fourth-order valence-electron chi connectivity index (χ4n) is 3.49. The summed E-state index contributed by atoms with van der Waals surface area (Å²) < 4.78 is 44.9. The highest BCUT2D eigenvalue weighted by molar-refractivity contribution is 7.92. The van der Waals surface area contributed by atoms with Gasteiger partial charge >= 0.3 is 0 Å². The van der Waals surface area contributed by atoms with E-state index in [9.17, 15) is 17.6 Å². The van der Waals surface area contributed by atoms with Crippen LogP contribution < -0.4 is 14.5 Å². The highest BCUT2D eigenvalue weighted by Gasteiger charge is 2.32. The van der Waals surface area contributed by atoms with Gasteiger partial charge in [0.25, 0.3) is 0 Å². The highest BCUT2D eigenvalue weighted by atomic mass is 35.5. The van der Waals surface area contributed by atoms with Gasteiger partial charge in [0.05, 0.1) is 30.2 Å². The van der Waals surface area contributed by atoms with Crippen LogP contribution in [-0.4, -0.2) is 52.9 Å².